The first-order valence-corrected chi connectivity index (χ1v) is 5.76. The minimum atomic E-state index is -0.643. The molecule has 1 unspecified atom stereocenters. The predicted octanol–water partition coefficient (Wildman–Crippen LogP) is 3.09. The summed E-state index contributed by atoms with van der Waals surface area (Å²) in [6.45, 7) is 6.16. The molecule has 0 aliphatic rings. The van der Waals surface area contributed by atoms with Gasteiger partial charge in [0.05, 0.1) is 5.69 Å². The first-order valence-electron chi connectivity index (χ1n) is 5.76. The number of pyridine rings is 1. The molecule has 1 aromatic heterocycles. The fraction of sp³-hybridized carbons (Fsp3) is 0.267. The van der Waals surface area contributed by atoms with Crippen molar-refractivity contribution in [2.45, 2.75) is 26.9 Å². The summed E-state index contributed by atoms with van der Waals surface area (Å²) in [5.41, 5.74) is 5.18. The predicted molar refractivity (Wildman–Crippen MR) is 69.0 cm³/mol. The average molecular weight is 227 g/mol. The molecule has 1 aromatic carbocycles. The second-order valence-corrected chi connectivity index (χ2v) is 4.45. The maximum absolute atomic E-state index is 10.3. The van der Waals surface area contributed by atoms with Crippen molar-refractivity contribution in [3.8, 4) is 0 Å². The molecule has 1 atom stereocenters. The van der Waals surface area contributed by atoms with Gasteiger partial charge in [0.2, 0.25) is 0 Å². The molecule has 0 saturated heterocycles. The van der Waals surface area contributed by atoms with Gasteiger partial charge in [-0.05, 0) is 55.2 Å². The number of aliphatic hydroxyl groups excluding tert-OH is 1. The van der Waals surface area contributed by atoms with Gasteiger partial charge in [-0.2, -0.15) is 0 Å². The van der Waals surface area contributed by atoms with Crippen LogP contribution in [0.3, 0.4) is 0 Å². The van der Waals surface area contributed by atoms with Crippen molar-refractivity contribution in [2.75, 3.05) is 0 Å². The molecule has 0 bridgehead atoms. The Bertz CT molecular complexity index is 520. The number of benzene rings is 1. The summed E-state index contributed by atoms with van der Waals surface area (Å²) >= 11 is 0. The third-order valence-corrected chi connectivity index (χ3v) is 3.14. The Hall–Kier alpha value is -1.67. The van der Waals surface area contributed by atoms with E-state index >= 15 is 0 Å². The standard InChI is InChI=1S/C15H17NO/c1-10-8-12(3)13(9-11(10)2)15(17)14-6-4-5-7-16-14/h4-9,15,17H,1-3H3. The van der Waals surface area contributed by atoms with Crippen LogP contribution in [0.5, 0.6) is 0 Å². The molecule has 2 rings (SSSR count). The number of hydrogen-bond donors (Lipinski definition) is 1. The zero-order chi connectivity index (χ0) is 12.4. The fourth-order valence-corrected chi connectivity index (χ4v) is 1.97. The zero-order valence-electron chi connectivity index (χ0n) is 10.4. The Morgan fingerprint density at radius 1 is 1.00 bits per heavy atom. The van der Waals surface area contributed by atoms with Crippen LogP contribution in [-0.4, -0.2) is 10.1 Å². The van der Waals surface area contributed by atoms with Crippen LogP contribution in [0.1, 0.15) is 34.1 Å². The second-order valence-electron chi connectivity index (χ2n) is 4.45. The number of rotatable bonds is 2. The van der Waals surface area contributed by atoms with E-state index in [0.29, 0.717) is 5.69 Å². The van der Waals surface area contributed by atoms with Crippen molar-refractivity contribution < 1.29 is 5.11 Å². The summed E-state index contributed by atoms with van der Waals surface area (Å²) in [6.07, 6.45) is 1.06. The van der Waals surface area contributed by atoms with E-state index in [1.807, 2.05) is 31.2 Å². The van der Waals surface area contributed by atoms with Gasteiger partial charge < -0.3 is 5.11 Å². The van der Waals surface area contributed by atoms with Crippen molar-refractivity contribution in [3.63, 3.8) is 0 Å². The van der Waals surface area contributed by atoms with Crippen LogP contribution in [0.25, 0.3) is 0 Å². The van der Waals surface area contributed by atoms with Gasteiger partial charge in [0.25, 0.3) is 0 Å². The van der Waals surface area contributed by atoms with Crippen LogP contribution in [0, 0.1) is 20.8 Å². The SMILES string of the molecule is Cc1cc(C)c(C(O)c2ccccn2)cc1C. The van der Waals surface area contributed by atoms with Crippen LogP contribution < -0.4 is 0 Å². The van der Waals surface area contributed by atoms with Crippen molar-refractivity contribution in [1.82, 2.24) is 4.98 Å². The maximum atomic E-state index is 10.3. The van der Waals surface area contributed by atoms with Gasteiger partial charge >= 0.3 is 0 Å². The lowest BCUT2D eigenvalue weighted by Crippen LogP contribution is -2.05. The van der Waals surface area contributed by atoms with Crippen molar-refractivity contribution in [3.05, 3.63) is 64.5 Å². The van der Waals surface area contributed by atoms with Gasteiger partial charge in [0, 0.05) is 6.20 Å². The number of hydrogen-bond acceptors (Lipinski definition) is 2. The topological polar surface area (TPSA) is 33.1 Å². The third-order valence-electron chi connectivity index (χ3n) is 3.14. The molecule has 0 saturated carbocycles. The molecule has 88 valence electrons. The van der Waals surface area contributed by atoms with E-state index in [1.54, 1.807) is 6.20 Å². The summed E-state index contributed by atoms with van der Waals surface area (Å²) in [5.74, 6) is 0. The molecular weight excluding hydrogens is 210 g/mol. The molecule has 0 aliphatic heterocycles. The Balaban J connectivity index is 2.44. The largest absolute Gasteiger partial charge is 0.382 e. The molecule has 2 nitrogen and oxygen atoms in total. The van der Waals surface area contributed by atoms with E-state index in [4.69, 9.17) is 0 Å². The molecule has 0 fully saturated rings. The van der Waals surface area contributed by atoms with Gasteiger partial charge in [-0.15, -0.1) is 0 Å². The summed E-state index contributed by atoms with van der Waals surface area (Å²) in [7, 11) is 0. The van der Waals surface area contributed by atoms with Crippen LogP contribution in [0.4, 0.5) is 0 Å². The Kier molecular flexibility index (Phi) is 3.25. The highest BCUT2D eigenvalue weighted by Gasteiger charge is 2.14. The van der Waals surface area contributed by atoms with Gasteiger partial charge in [-0.25, -0.2) is 0 Å². The third kappa shape index (κ3) is 2.37. The van der Waals surface area contributed by atoms with E-state index in [-0.39, 0.29) is 0 Å². The number of aliphatic hydroxyl groups is 1. The molecular formula is C15H17NO. The minimum absolute atomic E-state index is 0.643. The zero-order valence-corrected chi connectivity index (χ0v) is 10.4. The first kappa shape index (κ1) is 11.8. The molecule has 0 radical (unpaired) electrons. The summed E-state index contributed by atoms with van der Waals surface area (Å²) in [5, 5.41) is 10.3. The van der Waals surface area contributed by atoms with E-state index in [0.717, 1.165) is 11.1 Å². The van der Waals surface area contributed by atoms with Crippen molar-refractivity contribution in [2.24, 2.45) is 0 Å². The van der Waals surface area contributed by atoms with Crippen LogP contribution in [0.2, 0.25) is 0 Å². The van der Waals surface area contributed by atoms with Crippen molar-refractivity contribution in [1.29, 1.82) is 0 Å². The molecule has 2 aromatic rings. The monoisotopic (exact) mass is 227 g/mol. The number of nitrogens with zero attached hydrogens (tertiary/aromatic N) is 1. The van der Waals surface area contributed by atoms with E-state index < -0.39 is 6.10 Å². The molecule has 1 N–H and O–H groups in total. The summed E-state index contributed by atoms with van der Waals surface area (Å²) in [6, 6.07) is 9.74. The smallest absolute Gasteiger partial charge is 0.121 e. The molecule has 0 aliphatic carbocycles. The van der Waals surface area contributed by atoms with Gasteiger partial charge in [-0.1, -0.05) is 18.2 Å². The molecule has 17 heavy (non-hydrogen) atoms. The van der Waals surface area contributed by atoms with Gasteiger partial charge in [-0.3, -0.25) is 4.98 Å². The molecule has 0 spiro atoms. The highest BCUT2D eigenvalue weighted by atomic mass is 16.3. The fourth-order valence-electron chi connectivity index (χ4n) is 1.97. The molecule has 0 amide bonds. The Morgan fingerprint density at radius 3 is 2.35 bits per heavy atom. The van der Waals surface area contributed by atoms with E-state index in [1.165, 1.54) is 11.1 Å². The lowest BCUT2D eigenvalue weighted by atomic mass is 9.95. The van der Waals surface area contributed by atoms with Crippen LogP contribution >= 0.6 is 0 Å². The van der Waals surface area contributed by atoms with E-state index in [2.05, 4.69) is 24.9 Å². The van der Waals surface area contributed by atoms with Gasteiger partial charge in [0.1, 0.15) is 6.10 Å². The highest BCUT2D eigenvalue weighted by molar-refractivity contribution is 5.40. The quantitative estimate of drug-likeness (QED) is 0.855. The summed E-state index contributed by atoms with van der Waals surface area (Å²) < 4.78 is 0. The number of aryl methyl sites for hydroxylation is 3. The molecule has 1 heterocycles. The minimum Gasteiger partial charge on any atom is -0.382 e. The Morgan fingerprint density at radius 2 is 1.71 bits per heavy atom. The second kappa shape index (κ2) is 4.68. The van der Waals surface area contributed by atoms with Crippen LogP contribution in [0.15, 0.2) is 36.5 Å². The molecule has 2 heteroatoms. The lowest BCUT2D eigenvalue weighted by Gasteiger charge is -2.15. The first-order chi connectivity index (χ1) is 8.09. The van der Waals surface area contributed by atoms with Crippen LogP contribution in [-0.2, 0) is 0 Å². The van der Waals surface area contributed by atoms with Crippen molar-refractivity contribution >= 4 is 0 Å². The summed E-state index contributed by atoms with van der Waals surface area (Å²) in [4.78, 5) is 4.20. The normalized spacial score (nSPS) is 12.5. The van der Waals surface area contributed by atoms with Gasteiger partial charge in [0.15, 0.2) is 0 Å². The maximum Gasteiger partial charge on any atom is 0.121 e. The Labute approximate surface area is 102 Å². The lowest BCUT2D eigenvalue weighted by molar-refractivity contribution is 0.214. The van der Waals surface area contributed by atoms with E-state index in [9.17, 15) is 5.11 Å². The number of aromatic nitrogens is 1. The average Bonchev–Trinajstić information content (AvgIpc) is 2.34. The highest BCUT2D eigenvalue weighted by Crippen LogP contribution is 2.25.